The second-order valence-corrected chi connectivity index (χ2v) is 6.96. The summed E-state index contributed by atoms with van der Waals surface area (Å²) >= 11 is 5.33. The van der Waals surface area contributed by atoms with Crippen LogP contribution in [0, 0.1) is 13.8 Å². The van der Waals surface area contributed by atoms with Crippen LogP contribution in [0.5, 0.6) is 0 Å². The van der Waals surface area contributed by atoms with E-state index in [1.165, 1.54) is 21.6 Å². The maximum atomic E-state index is 6.55. The summed E-state index contributed by atoms with van der Waals surface area (Å²) < 4.78 is 1.16. The Kier molecular flexibility index (Phi) is 3.95. The van der Waals surface area contributed by atoms with Crippen molar-refractivity contribution in [1.29, 1.82) is 0 Å². The van der Waals surface area contributed by atoms with E-state index in [4.69, 9.17) is 5.73 Å². The first-order valence-corrected chi connectivity index (χ1v) is 7.66. The molecule has 1 heterocycles. The molecule has 1 aromatic heterocycles. The average Bonchev–Trinajstić information content (AvgIpc) is 2.67. The Morgan fingerprint density at radius 1 is 1.28 bits per heavy atom. The van der Waals surface area contributed by atoms with Gasteiger partial charge in [0.2, 0.25) is 0 Å². The van der Waals surface area contributed by atoms with Crippen molar-refractivity contribution in [3.05, 3.63) is 55.7 Å². The Labute approximate surface area is 121 Å². The second-order valence-electron chi connectivity index (χ2n) is 5.10. The lowest BCUT2D eigenvalue weighted by Gasteiger charge is -2.27. The number of nitrogens with two attached hydrogens (primary N) is 1. The van der Waals surface area contributed by atoms with Crippen molar-refractivity contribution in [2.24, 2.45) is 5.73 Å². The highest BCUT2D eigenvalue weighted by atomic mass is 79.9. The van der Waals surface area contributed by atoms with E-state index < -0.39 is 0 Å². The highest BCUT2D eigenvalue weighted by molar-refractivity contribution is 9.10. The zero-order valence-corrected chi connectivity index (χ0v) is 13.4. The van der Waals surface area contributed by atoms with Gasteiger partial charge in [0.05, 0.1) is 0 Å². The molecule has 1 aromatic carbocycles. The first-order chi connectivity index (χ1) is 8.40. The molecular weight excluding hydrogens is 306 g/mol. The standard InChI is InChI=1S/C15H18BrNS/c1-10-4-5-11(2)12(8-10)15(3,17)9-14-13(16)6-7-18-14/h4-8H,9,17H2,1-3H3. The van der Waals surface area contributed by atoms with E-state index in [2.05, 4.69) is 66.3 Å². The third-order valence-corrected chi connectivity index (χ3v) is 5.15. The van der Waals surface area contributed by atoms with Crippen molar-refractivity contribution in [3.63, 3.8) is 0 Å². The van der Waals surface area contributed by atoms with E-state index in [0.29, 0.717) is 0 Å². The highest BCUT2D eigenvalue weighted by Crippen LogP contribution is 2.32. The van der Waals surface area contributed by atoms with Crippen molar-refractivity contribution in [3.8, 4) is 0 Å². The van der Waals surface area contributed by atoms with Crippen molar-refractivity contribution in [2.45, 2.75) is 32.7 Å². The van der Waals surface area contributed by atoms with E-state index in [-0.39, 0.29) is 5.54 Å². The fourth-order valence-electron chi connectivity index (χ4n) is 2.23. The molecule has 0 fully saturated rings. The second kappa shape index (κ2) is 5.16. The van der Waals surface area contributed by atoms with Crippen LogP contribution >= 0.6 is 27.3 Å². The molecule has 18 heavy (non-hydrogen) atoms. The number of halogens is 1. The van der Waals surface area contributed by atoms with Crippen LogP contribution in [-0.2, 0) is 12.0 Å². The zero-order chi connectivity index (χ0) is 13.3. The van der Waals surface area contributed by atoms with Gasteiger partial charge in [-0.3, -0.25) is 0 Å². The van der Waals surface area contributed by atoms with Crippen LogP contribution in [0.4, 0.5) is 0 Å². The predicted molar refractivity (Wildman–Crippen MR) is 83.2 cm³/mol. The molecule has 1 atom stereocenters. The summed E-state index contributed by atoms with van der Waals surface area (Å²) in [6.45, 7) is 6.35. The molecule has 3 heteroatoms. The predicted octanol–water partition coefficient (Wildman–Crippen LogP) is 4.54. The fraction of sp³-hybridized carbons (Fsp3) is 0.333. The van der Waals surface area contributed by atoms with E-state index >= 15 is 0 Å². The van der Waals surface area contributed by atoms with Gasteiger partial charge in [-0.1, -0.05) is 23.8 Å². The number of thiophene rings is 1. The molecule has 1 unspecified atom stereocenters. The lowest BCUT2D eigenvalue weighted by atomic mass is 9.85. The molecule has 2 rings (SSSR count). The van der Waals surface area contributed by atoms with Gasteiger partial charge in [0.25, 0.3) is 0 Å². The number of hydrogen-bond donors (Lipinski definition) is 1. The number of rotatable bonds is 3. The third kappa shape index (κ3) is 2.85. The minimum absolute atomic E-state index is 0.330. The van der Waals surface area contributed by atoms with E-state index in [9.17, 15) is 0 Å². The van der Waals surface area contributed by atoms with Crippen LogP contribution in [0.15, 0.2) is 34.1 Å². The quantitative estimate of drug-likeness (QED) is 0.881. The molecule has 0 spiro atoms. The van der Waals surface area contributed by atoms with Gasteiger partial charge < -0.3 is 5.73 Å². The van der Waals surface area contributed by atoms with Crippen LogP contribution in [0.25, 0.3) is 0 Å². The van der Waals surface area contributed by atoms with Crippen LogP contribution in [0.2, 0.25) is 0 Å². The lowest BCUT2D eigenvalue weighted by Crippen LogP contribution is -2.36. The van der Waals surface area contributed by atoms with Gasteiger partial charge in [-0.25, -0.2) is 0 Å². The van der Waals surface area contributed by atoms with Crippen molar-refractivity contribution in [1.82, 2.24) is 0 Å². The van der Waals surface area contributed by atoms with E-state index in [1.807, 2.05) is 0 Å². The summed E-state index contributed by atoms with van der Waals surface area (Å²) in [6, 6.07) is 8.57. The Hall–Kier alpha value is -0.640. The van der Waals surface area contributed by atoms with Crippen LogP contribution < -0.4 is 5.73 Å². The van der Waals surface area contributed by atoms with Crippen LogP contribution in [0.3, 0.4) is 0 Å². The van der Waals surface area contributed by atoms with Crippen LogP contribution in [0.1, 0.15) is 28.5 Å². The van der Waals surface area contributed by atoms with Gasteiger partial charge in [0.15, 0.2) is 0 Å². The number of benzene rings is 1. The third-order valence-electron chi connectivity index (χ3n) is 3.23. The first kappa shape index (κ1) is 13.8. The average molecular weight is 324 g/mol. The van der Waals surface area contributed by atoms with Gasteiger partial charge in [-0.2, -0.15) is 0 Å². The topological polar surface area (TPSA) is 26.0 Å². The molecule has 1 nitrogen and oxygen atoms in total. The van der Waals surface area contributed by atoms with Crippen molar-refractivity contribution < 1.29 is 0 Å². The highest BCUT2D eigenvalue weighted by Gasteiger charge is 2.25. The Bertz CT molecular complexity index is 557. The minimum atomic E-state index is -0.330. The van der Waals surface area contributed by atoms with E-state index in [0.717, 1.165) is 10.9 Å². The monoisotopic (exact) mass is 323 g/mol. The zero-order valence-electron chi connectivity index (χ0n) is 11.0. The normalized spacial score (nSPS) is 14.5. The fourth-order valence-corrected chi connectivity index (χ4v) is 3.89. The molecular formula is C15H18BrNS. The Morgan fingerprint density at radius 3 is 2.61 bits per heavy atom. The summed E-state index contributed by atoms with van der Waals surface area (Å²) in [4.78, 5) is 1.31. The van der Waals surface area contributed by atoms with Gasteiger partial charge in [0, 0.05) is 21.3 Å². The number of hydrogen-bond acceptors (Lipinski definition) is 2. The Morgan fingerprint density at radius 2 is 2.00 bits per heavy atom. The van der Waals surface area contributed by atoms with Gasteiger partial charge in [-0.05, 0) is 59.3 Å². The van der Waals surface area contributed by atoms with Gasteiger partial charge >= 0.3 is 0 Å². The van der Waals surface area contributed by atoms with E-state index in [1.54, 1.807) is 11.3 Å². The molecule has 0 bridgehead atoms. The van der Waals surface area contributed by atoms with Gasteiger partial charge in [0.1, 0.15) is 0 Å². The Balaban J connectivity index is 2.36. The molecule has 2 aromatic rings. The molecule has 0 aliphatic heterocycles. The summed E-state index contributed by atoms with van der Waals surface area (Å²) in [5.74, 6) is 0. The summed E-state index contributed by atoms with van der Waals surface area (Å²) in [6.07, 6.45) is 0.857. The maximum Gasteiger partial charge on any atom is 0.0432 e. The van der Waals surface area contributed by atoms with Gasteiger partial charge in [-0.15, -0.1) is 11.3 Å². The molecule has 0 radical (unpaired) electrons. The molecule has 0 aliphatic rings. The van der Waals surface area contributed by atoms with Crippen molar-refractivity contribution >= 4 is 27.3 Å². The molecule has 0 saturated carbocycles. The summed E-state index contributed by atoms with van der Waals surface area (Å²) in [5, 5.41) is 2.10. The first-order valence-electron chi connectivity index (χ1n) is 5.98. The molecule has 96 valence electrons. The SMILES string of the molecule is Cc1ccc(C)c(C(C)(N)Cc2sccc2Br)c1. The smallest absolute Gasteiger partial charge is 0.0432 e. The maximum absolute atomic E-state index is 6.55. The molecule has 0 saturated heterocycles. The molecule has 2 N–H and O–H groups in total. The molecule has 0 aliphatic carbocycles. The lowest BCUT2D eigenvalue weighted by molar-refractivity contribution is 0.491. The van der Waals surface area contributed by atoms with Crippen molar-refractivity contribution in [2.75, 3.05) is 0 Å². The summed E-state index contributed by atoms with van der Waals surface area (Å²) in [5.41, 5.74) is 9.99. The minimum Gasteiger partial charge on any atom is -0.321 e. The summed E-state index contributed by atoms with van der Waals surface area (Å²) in [7, 11) is 0. The molecule has 0 amide bonds. The number of aryl methyl sites for hydroxylation is 2. The largest absolute Gasteiger partial charge is 0.321 e. The van der Waals surface area contributed by atoms with Crippen LogP contribution in [-0.4, -0.2) is 0 Å².